The summed E-state index contributed by atoms with van der Waals surface area (Å²) in [5.74, 6) is 0.234. The van der Waals surface area contributed by atoms with Crippen LogP contribution >= 0.6 is 11.8 Å². The topological polar surface area (TPSA) is 133 Å². The van der Waals surface area contributed by atoms with Crippen molar-refractivity contribution >= 4 is 40.4 Å². The van der Waals surface area contributed by atoms with Gasteiger partial charge in [-0.2, -0.15) is 0 Å². The summed E-state index contributed by atoms with van der Waals surface area (Å²) in [7, 11) is 0. The van der Waals surface area contributed by atoms with Crippen LogP contribution in [0.4, 0.5) is 10.5 Å². The van der Waals surface area contributed by atoms with Crippen LogP contribution in [0.15, 0.2) is 68.5 Å². The monoisotopic (exact) mass is 490 g/mol. The van der Waals surface area contributed by atoms with Gasteiger partial charge in [-0.05, 0) is 47.9 Å². The van der Waals surface area contributed by atoms with Crippen molar-refractivity contribution in [1.29, 1.82) is 0 Å². The first-order valence-electron chi connectivity index (χ1n) is 11.1. The molecule has 178 valence electrons. The summed E-state index contributed by atoms with van der Waals surface area (Å²) in [5.41, 5.74) is 4.20. The lowest BCUT2D eigenvalue weighted by molar-refractivity contribution is -0.118. The first kappa shape index (κ1) is 21.6. The van der Waals surface area contributed by atoms with Gasteiger partial charge in [-0.1, -0.05) is 26.0 Å². The number of carbonyl (C=O) groups is 2. The summed E-state index contributed by atoms with van der Waals surface area (Å²) in [6.45, 7) is 4.09. The minimum atomic E-state index is -1.42. The Balaban J connectivity index is 1.40. The molecular weight excluding hydrogens is 468 g/mol. The zero-order valence-electron chi connectivity index (χ0n) is 19.0. The van der Waals surface area contributed by atoms with Gasteiger partial charge in [0.15, 0.2) is 16.0 Å². The zero-order valence-corrected chi connectivity index (χ0v) is 19.8. The number of hydrogen-bond donors (Lipinski definition) is 4. The Kier molecular flexibility index (Phi) is 4.82. The van der Waals surface area contributed by atoms with E-state index in [0.29, 0.717) is 45.7 Å². The molecule has 0 saturated carbocycles. The number of imidazole rings is 1. The van der Waals surface area contributed by atoms with Crippen LogP contribution in [0.1, 0.15) is 43.9 Å². The van der Waals surface area contributed by atoms with Crippen molar-refractivity contribution in [2.24, 2.45) is 5.41 Å². The molecule has 1 unspecified atom stereocenters. The van der Waals surface area contributed by atoms with Crippen LogP contribution in [0.3, 0.4) is 0 Å². The van der Waals surface area contributed by atoms with Crippen molar-refractivity contribution in [3.05, 3.63) is 65.2 Å². The quantitative estimate of drug-likeness (QED) is 0.260. The number of allylic oxidation sites excluding steroid dienone is 2. The molecule has 0 amide bonds. The molecule has 3 aromatic heterocycles. The van der Waals surface area contributed by atoms with Crippen molar-refractivity contribution in [2.75, 3.05) is 5.32 Å². The van der Waals surface area contributed by atoms with Crippen LogP contribution in [-0.2, 0) is 4.79 Å². The second-order valence-corrected chi connectivity index (χ2v) is 10.5. The summed E-state index contributed by atoms with van der Waals surface area (Å²) in [4.78, 5) is 35.3. The number of para-hydroxylation sites is 2. The molecule has 35 heavy (non-hydrogen) atoms. The molecule has 4 heterocycles. The molecule has 0 spiro atoms. The Bertz CT molecular complexity index is 1490. The molecule has 0 fully saturated rings. The number of rotatable bonds is 4. The molecule has 1 aliphatic carbocycles. The van der Waals surface area contributed by atoms with Gasteiger partial charge in [0, 0.05) is 29.5 Å². The lowest BCUT2D eigenvalue weighted by Crippen LogP contribution is -2.33. The van der Waals surface area contributed by atoms with Crippen molar-refractivity contribution in [1.82, 2.24) is 15.0 Å². The second kappa shape index (κ2) is 7.81. The van der Waals surface area contributed by atoms with Crippen molar-refractivity contribution in [3.63, 3.8) is 0 Å². The maximum Gasteiger partial charge on any atom is 0.512 e. The molecule has 1 atom stereocenters. The molecule has 0 radical (unpaired) electrons. The smallest absolute Gasteiger partial charge is 0.453 e. The fraction of sp³-hybridized carbons (Fsp3) is 0.240. The Morgan fingerprint density at radius 1 is 1.23 bits per heavy atom. The average molecular weight is 491 g/mol. The van der Waals surface area contributed by atoms with Gasteiger partial charge >= 0.3 is 6.16 Å². The third kappa shape index (κ3) is 3.79. The Labute approximate surface area is 204 Å². The van der Waals surface area contributed by atoms with Gasteiger partial charge in [0.05, 0.1) is 17.0 Å². The number of H-pyrrole nitrogens is 2. The van der Waals surface area contributed by atoms with Gasteiger partial charge in [-0.3, -0.25) is 4.79 Å². The zero-order chi connectivity index (χ0) is 24.3. The number of ketones is 1. The van der Waals surface area contributed by atoms with E-state index >= 15 is 0 Å². The van der Waals surface area contributed by atoms with Gasteiger partial charge in [-0.25, -0.2) is 9.78 Å². The Hall–Kier alpha value is -3.92. The first-order valence-corrected chi connectivity index (χ1v) is 12.0. The summed E-state index contributed by atoms with van der Waals surface area (Å²) in [5, 5.41) is 13.8. The number of Topliss-reactive ketones (excluding diaryl/α,β-unsaturated/α-hetero) is 1. The number of furan rings is 1. The van der Waals surface area contributed by atoms with Crippen LogP contribution in [-0.4, -0.2) is 32.0 Å². The lowest BCUT2D eigenvalue weighted by atomic mass is 9.70. The van der Waals surface area contributed by atoms with E-state index in [1.54, 1.807) is 6.20 Å². The van der Waals surface area contributed by atoms with Crippen LogP contribution < -0.4 is 10.1 Å². The average Bonchev–Trinajstić information content (AvgIpc) is 3.50. The highest BCUT2D eigenvalue weighted by molar-refractivity contribution is 7.99. The largest absolute Gasteiger partial charge is 0.512 e. The first-order chi connectivity index (χ1) is 16.8. The summed E-state index contributed by atoms with van der Waals surface area (Å²) in [6.07, 6.45) is 1.30. The summed E-state index contributed by atoms with van der Waals surface area (Å²) < 4.78 is 11.2. The van der Waals surface area contributed by atoms with E-state index in [9.17, 15) is 9.59 Å². The van der Waals surface area contributed by atoms with Gasteiger partial charge in [0.25, 0.3) is 0 Å². The number of nitrogens with one attached hydrogen (secondary N) is 3. The molecular formula is C25H22N4O5S. The van der Waals surface area contributed by atoms with E-state index in [1.165, 1.54) is 11.8 Å². The van der Waals surface area contributed by atoms with Gasteiger partial charge in [0.1, 0.15) is 11.4 Å². The SMILES string of the molecule is CC1(C)CC(=O)C2=C(C1)Nc1c(c[nH]c1OC(=O)O)C2c1ccc(Sc2nc3ccccc3[nH]2)o1. The van der Waals surface area contributed by atoms with E-state index in [-0.39, 0.29) is 17.1 Å². The van der Waals surface area contributed by atoms with E-state index < -0.39 is 12.1 Å². The summed E-state index contributed by atoms with van der Waals surface area (Å²) >= 11 is 1.36. The van der Waals surface area contributed by atoms with Crippen molar-refractivity contribution in [2.45, 2.75) is 42.9 Å². The van der Waals surface area contributed by atoms with Gasteiger partial charge in [0.2, 0.25) is 5.88 Å². The highest BCUT2D eigenvalue weighted by atomic mass is 32.2. The molecule has 0 saturated heterocycles. The minimum Gasteiger partial charge on any atom is -0.453 e. The van der Waals surface area contributed by atoms with Crippen LogP contribution in [0.5, 0.6) is 5.88 Å². The van der Waals surface area contributed by atoms with E-state index in [2.05, 4.69) is 20.3 Å². The van der Waals surface area contributed by atoms with Gasteiger partial charge < -0.3 is 29.5 Å². The number of benzene rings is 1. The third-order valence-corrected chi connectivity index (χ3v) is 7.12. The normalized spacial score (nSPS) is 18.8. The molecule has 1 aliphatic heterocycles. The fourth-order valence-electron chi connectivity index (χ4n) is 4.94. The van der Waals surface area contributed by atoms with E-state index in [0.717, 1.165) is 16.7 Å². The molecule has 1 aromatic carbocycles. The molecule has 9 nitrogen and oxygen atoms in total. The molecule has 4 aromatic rings. The predicted molar refractivity (Wildman–Crippen MR) is 129 cm³/mol. The highest BCUT2D eigenvalue weighted by Gasteiger charge is 2.43. The van der Waals surface area contributed by atoms with Crippen molar-refractivity contribution < 1.29 is 23.8 Å². The van der Waals surface area contributed by atoms with Gasteiger partial charge in [-0.15, -0.1) is 0 Å². The van der Waals surface area contributed by atoms with E-state index in [4.69, 9.17) is 14.3 Å². The number of aromatic amines is 2. The number of nitrogens with zero attached hydrogens (tertiary/aromatic N) is 1. The fourth-order valence-corrected chi connectivity index (χ4v) is 5.71. The standard InChI is InChI=1S/C25H22N4O5S/c1-25(2)9-15-20(16(30)10-25)19(12-11-26-22(21(12)27-15)34-24(31)32)17-7-8-18(33-17)35-23-28-13-5-3-4-6-14(13)29-23/h3-8,11,19,26-27H,9-10H2,1-2H3,(H,28,29)(H,31,32). The number of carbonyl (C=O) groups excluding carboxylic acids is 1. The number of carboxylic acid groups (broad SMARTS) is 1. The minimum absolute atomic E-state index is 0.0455. The van der Waals surface area contributed by atoms with Crippen molar-refractivity contribution in [3.8, 4) is 5.88 Å². The highest BCUT2D eigenvalue weighted by Crippen LogP contribution is 2.51. The second-order valence-electron chi connectivity index (χ2n) is 9.53. The molecule has 2 aliphatic rings. The Morgan fingerprint density at radius 2 is 2.06 bits per heavy atom. The Morgan fingerprint density at radius 3 is 2.86 bits per heavy atom. The lowest BCUT2D eigenvalue weighted by Gasteiger charge is -2.37. The number of anilines is 1. The maximum absolute atomic E-state index is 13.3. The number of aromatic nitrogens is 3. The third-order valence-electron chi connectivity index (χ3n) is 6.31. The maximum atomic E-state index is 13.3. The number of ether oxygens (including phenoxy) is 1. The molecule has 10 heteroatoms. The molecule has 6 rings (SSSR count). The summed E-state index contributed by atoms with van der Waals surface area (Å²) in [6, 6.07) is 11.5. The van der Waals surface area contributed by atoms with Crippen LogP contribution in [0.25, 0.3) is 11.0 Å². The number of hydrogen-bond acceptors (Lipinski definition) is 7. The molecule has 4 N–H and O–H groups in total. The predicted octanol–water partition coefficient (Wildman–Crippen LogP) is 5.89. The van der Waals surface area contributed by atoms with E-state index in [1.807, 2.05) is 50.2 Å². The molecule has 0 bridgehead atoms. The van der Waals surface area contributed by atoms with Crippen LogP contribution in [0.2, 0.25) is 0 Å². The number of fused-ring (bicyclic) bond motifs is 2. The van der Waals surface area contributed by atoms with Crippen LogP contribution in [0, 0.1) is 5.41 Å².